The number of nitrogens with zero attached hydrogens (tertiary/aromatic N) is 1. The molecule has 0 radical (unpaired) electrons. The van der Waals surface area contributed by atoms with Crippen LogP contribution in [0.4, 0.5) is 0 Å². The van der Waals surface area contributed by atoms with Crippen LogP contribution < -0.4 is 5.32 Å². The van der Waals surface area contributed by atoms with Crippen molar-refractivity contribution in [1.29, 1.82) is 0 Å². The van der Waals surface area contributed by atoms with Crippen molar-refractivity contribution in [2.75, 3.05) is 32.8 Å². The van der Waals surface area contributed by atoms with E-state index in [-0.39, 0.29) is 0 Å². The topological polar surface area (TPSA) is 24.5 Å². The van der Waals surface area contributed by atoms with Crippen molar-refractivity contribution in [3.63, 3.8) is 0 Å². The van der Waals surface area contributed by atoms with Gasteiger partial charge in [0, 0.05) is 25.7 Å². The van der Waals surface area contributed by atoms with E-state index < -0.39 is 0 Å². The maximum absolute atomic E-state index is 5.78. The molecule has 1 saturated heterocycles. The SMILES string of the molecule is CCN1CCOC(CNC(C)CC2CC2)C1. The second-order valence-corrected chi connectivity index (χ2v) is 5.37. The minimum absolute atomic E-state index is 0.398. The number of hydrogen-bond acceptors (Lipinski definition) is 3. The van der Waals surface area contributed by atoms with E-state index in [4.69, 9.17) is 4.74 Å². The molecule has 0 spiro atoms. The van der Waals surface area contributed by atoms with Crippen LogP contribution in [0.15, 0.2) is 0 Å². The summed E-state index contributed by atoms with van der Waals surface area (Å²) in [6, 6.07) is 0.660. The Labute approximate surface area is 99.5 Å². The summed E-state index contributed by atoms with van der Waals surface area (Å²) in [6.45, 7) is 9.80. The van der Waals surface area contributed by atoms with Gasteiger partial charge in [0.1, 0.15) is 0 Å². The molecule has 1 saturated carbocycles. The molecule has 1 N–H and O–H groups in total. The Morgan fingerprint density at radius 3 is 2.94 bits per heavy atom. The predicted octanol–water partition coefficient (Wildman–Crippen LogP) is 1.49. The van der Waals surface area contributed by atoms with Crippen molar-refractivity contribution >= 4 is 0 Å². The van der Waals surface area contributed by atoms with Crippen LogP contribution >= 0.6 is 0 Å². The lowest BCUT2D eigenvalue weighted by atomic mass is 10.1. The highest BCUT2D eigenvalue weighted by atomic mass is 16.5. The van der Waals surface area contributed by atoms with E-state index in [1.807, 2.05) is 0 Å². The lowest BCUT2D eigenvalue weighted by Crippen LogP contribution is -2.47. The van der Waals surface area contributed by atoms with Gasteiger partial charge in [-0.15, -0.1) is 0 Å². The van der Waals surface area contributed by atoms with Crippen molar-refractivity contribution in [3.05, 3.63) is 0 Å². The van der Waals surface area contributed by atoms with Crippen LogP contribution in [0.1, 0.15) is 33.1 Å². The molecule has 2 aliphatic rings. The van der Waals surface area contributed by atoms with E-state index >= 15 is 0 Å². The van der Waals surface area contributed by atoms with Gasteiger partial charge in [-0.3, -0.25) is 4.90 Å². The van der Waals surface area contributed by atoms with Crippen LogP contribution in [-0.4, -0.2) is 49.8 Å². The molecule has 2 atom stereocenters. The summed E-state index contributed by atoms with van der Waals surface area (Å²) in [7, 11) is 0. The standard InChI is InChI=1S/C13H26N2O/c1-3-15-6-7-16-13(10-15)9-14-11(2)8-12-4-5-12/h11-14H,3-10H2,1-2H3. The second kappa shape index (κ2) is 5.99. The van der Waals surface area contributed by atoms with Gasteiger partial charge in [0.2, 0.25) is 0 Å². The average Bonchev–Trinajstić information content (AvgIpc) is 3.10. The number of likely N-dealkylation sites (N-methyl/N-ethyl adjacent to an activating group) is 1. The second-order valence-electron chi connectivity index (χ2n) is 5.37. The lowest BCUT2D eigenvalue weighted by Gasteiger charge is -2.32. The fourth-order valence-electron chi connectivity index (χ4n) is 2.46. The van der Waals surface area contributed by atoms with E-state index in [1.165, 1.54) is 19.3 Å². The van der Waals surface area contributed by atoms with Gasteiger partial charge in [-0.2, -0.15) is 0 Å². The van der Waals surface area contributed by atoms with Gasteiger partial charge in [-0.25, -0.2) is 0 Å². The fourth-order valence-corrected chi connectivity index (χ4v) is 2.46. The first-order chi connectivity index (χ1) is 7.78. The normalized spacial score (nSPS) is 29.2. The molecule has 3 heteroatoms. The zero-order valence-corrected chi connectivity index (χ0v) is 10.7. The van der Waals surface area contributed by atoms with Crippen LogP contribution in [0.3, 0.4) is 0 Å². The van der Waals surface area contributed by atoms with Gasteiger partial charge in [0.25, 0.3) is 0 Å². The van der Waals surface area contributed by atoms with Gasteiger partial charge in [0.15, 0.2) is 0 Å². The number of ether oxygens (including phenoxy) is 1. The summed E-state index contributed by atoms with van der Waals surface area (Å²) in [5.74, 6) is 1.02. The molecule has 0 aromatic heterocycles. The maximum Gasteiger partial charge on any atom is 0.0826 e. The van der Waals surface area contributed by atoms with Gasteiger partial charge >= 0.3 is 0 Å². The number of morpholine rings is 1. The fraction of sp³-hybridized carbons (Fsp3) is 1.00. The van der Waals surface area contributed by atoms with E-state index in [2.05, 4.69) is 24.1 Å². The third-order valence-corrected chi connectivity index (χ3v) is 3.75. The molecule has 1 aliphatic heterocycles. The molecule has 2 unspecified atom stereocenters. The molecule has 0 aromatic carbocycles. The Morgan fingerprint density at radius 2 is 2.25 bits per heavy atom. The molecule has 2 fully saturated rings. The predicted molar refractivity (Wildman–Crippen MR) is 66.7 cm³/mol. The molecule has 0 bridgehead atoms. The van der Waals surface area contributed by atoms with Crippen molar-refractivity contribution in [1.82, 2.24) is 10.2 Å². The summed E-state index contributed by atoms with van der Waals surface area (Å²) >= 11 is 0. The molecule has 3 nitrogen and oxygen atoms in total. The van der Waals surface area contributed by atoms with Gasteiger partial charge < -0.3 is 10.1 Å². The quantitative estimate of drug-likeness (QED) is 0.742. The summed E-state index contributed by atoms with van der Waals surface area (Å²) < 4.78 is 5.78. The largest absolute Gasteiger partial charge is 0.374 e. The van der Waals surface area contributed by atoms with Crippen molar-refractivity contribution < 1.29 is 4.74 Å². The molecule has 0 aromatic rings. The van der Waals surface area contributed by atoms with Gasteiger partial charge in [-0.05, 0) is 25.8 Å². The summed E-state index contributed by atoms with van der Waals surface area (Å²) in [5.41, 5.74) is 0. The van der Waals surface area contributed by atoms with E-state index in [0.717, 1.165) is 38.7 Å². The van der Waals surface area contributed by atoms with Crippen LogP contribution in [0.2, 0.25) is 0 Å². The summed E-state index contributed by atoms with van der Waals surface area (Å²) in [5, 5.41) is 3.62. The van der Waals surface area contributed by atoms with E-state index in [0.29, 0.717) is 12.1 Å². The molecule has 1 heterocycles. The van der Waals surface area contributed by atoms with Crippen LogP contribution in [0.25, 0.3) is 0 Å². The molecule has 0 amide bonds. The Kier molecular flexibility index (Phi) is 4.62. The number of hydrogen-bond donors (Lipinski definition) is 1. The van der Waals surface area contributed by atoms with Gasteiger partial charge in [-0.1, -0.05) is 19.8 Å². The van der Waals surface area contributed by atoms with E-state index in [1.54, 1.807) is 0 Å². The third kappa shape index (κ3) is 4.04. The van der Waals surface area contributed by atoms with Crippen molar-refractivity contribution in [3.8, 4) is 0 Å². The zero-order valence-electron chi connectivity index (χ0n) is 10.7. The Hall–Kier alpha value is -0.120. The van der Waals surface area contributed by atoms with Crippen LogP contribution in [-0.2, 0) is 4.74 Å². The third-order valence-electron chi connectivity index (χ3n) is 3.75. The highest BCUT2D eigenvalue weighted by molar-refractivity contribution is 4.80. The minimum Gasteiger partial charge on any atom is -0.374 e. The Balaban J connectivity index is 1.60. The van der Waals surface area contributed by atoms with Crippen LogP contribution in [0, 0.1) is 5.92 Å². The Bertz CT molecular complexity index is 206. The van der Waals surface area contributed by atoms with Crippen molar-refractivity contribution in [2.24, 2.45) is 5.92 Å². The maximum atomic E-state index is 5.78. The number of nitrogens with one attached hydrogen (secondary N) is 1. The molecule has 2 rings (SSSR count). The average molecular weight is 226 g/mol. The highest BCUT2D eigenvalue weighted by Crippen LogP contribution is 2.33. The molecular formula is C13H26N2O. The summed E-state index contributed by atoms with van der Waals surface area (Å²) in [4.78, 5) is 2.47. The first-order valence-corrected chi connectivity index (χ1v) is 6.85. The minimum atomic E-state index is 0.398. The summed E-state index contributed by atoms with van der Waals surface area (Å²) in [6.07, 6.45) is 4.66. The smallest absolute Gasteiger partial charge is 0.0826 e. The number of rotatable bonds is 6. The zero-order chi connectivity index (χ0) is 11.4. The molecule has 1 aliphatic carbocycles. The first-order valence-electron chi connectivity index (χ1n) is 6.85. The highest BCUT2D eigenvalue weighted by Gasteiger charge is 2.24. The van der Waals surface area contributed by atoms with Crippen molar-refractivity contribution in [2.45, 2.75) is 45.3 Å². The van der Waals surface area contributed by atoms with Crippen LogP contribution in [0.5, 0.6) is 0 Å². The first kappa shape index (κ1) is 12.3. The monoisotopic (exact) mass is 226 g/mol. The van der Waals surface area contributed by atoms with E-state index in [9.17, 15) is 0 Å². The van der Waals surface area contributed by atoms with Gasteiger partial charge in [0.05, 0.1) is 12.7 Å². The molecule has 16 heavy (non-hydrogen) atoms. The lowest BCUT2D eigenvalue weighted by molar-refractivity contribution is -0.0263. The molecular weight excluding hydrogens is 200 g/mol. The Morgan fingerprint density at radius 1 is 1.44 bits per heavy atom. The molecule has 94 valence electrons.